The summed E-state index contributed by atoms with van der Waals surface area (Å²) < 4.78 is 22.4. The molecule has 10 heteroatoms. The van der Waals surface area contributed by atoms with Gasteiger partial charge in [0.05, 0.1) is 19.1 Å². The average molecular weight is 540 g/mol. The smallest absolute Gasteiger partial charge is 0.261 e. The van der Waals surface area contributed by atoms with Crippen LogP contribution in [0.25, 0.3) is 0 Å². The van der Waals surface area contributed by atoms with Gasteiger partial charge in [0, 0.05) is 54.5 Å². The molecule has 0 saturated carbocycles. The van der Waals surface area contributed by atoms with E-state index in [0.29, 0.717) is 36.4 Å². The zero-order chi connectivity index (χ0) is 27.2. The van der Waals surface area contributed by atoms with Crippen LogP contribution in [0.4, 0.5) is 15.5 Å². The van der Waals surface area contributed by atoms with E-state index in [4.69, 9.17) is 4.74 Å². The molecule has 3 aliphatic rings. The van der Waals surface area contributed by atoms with Gasteiger partial charge in [0.2, 0.25) is 20.2 Å². The number of carbonyl (C=O) groups excluding carboxylic acids is 3. The second kappa shape index (κ2) is 9.90. The second-order valence-electron chi connectivity index (χ2n) is 11.0. The molecule has 0 radical (unpaired) electrons. The highest BCUT2D eigenvalue weighted by atomic mass is 28.4. The van der Waals surface area contributed by atoms with Crippen LogP contribution in [0.1, 0.15) is 30.9 Å². The van der Waals surface area contributed by atoms with Crippen LogP contribution in [0.15, 0.2) is 48.5 Å². The first-order chi connectivity index (χ1) is 18.1. The zero-order valence-electron chi connectivity index (χ0n) is 21.9. The maximum Gasteiger partial charge on any atom is 0.261 e. The van der Waals surface area contributed by atoms with Crippen molar-refractivity contribution in [2.45, 2.75) is 56.7 Å². The SMILES string of the molecule is C[C@@H]1[C@@H]([Si](C)(C)F)[C@H](CC(=O)N(CCO)Cc2ccccc2)O[C@@]12C(=O)Nc1ccc(N3CCC3=O)cc12. The third-order valence-corrected chi connectivity index (χ3v) is 10.6. The molecule has 38 heavy (non-hydrogen) atoms. The van der Waals surface area contributed by atoms with Gasteiger partial charge in [-0.15, -0.1) is 0 Å². The number of nitrogens with one attached hydrogen (secondary N) is 1. The highest BCUT2D eigenvalue weighted by molar-refractivity contribution is 6.72. The van der Waals surface area contributed by atoms with Crippen molar-refractivity contribution in [3.63, 3.8) is 0 Å². The van der Waals surface area contributed by atoms with Crippen LogP contribution in [-0.2, 0) is 31.3 Å². The van der Waals surface area contributed by atoms with E-state index >= 15 is 4.11 Å². The minimum atomic E-state index is -3.42. The van der Waals surface area contributed by atoms with Crippen molar-refractivity contribution in [3.05, 3.63) is 59.7 Å². The number of benzene rings is 2. The Labute approximate surface area is 222 Å². The summed E-state index contributed by atoms with van der Waals surface area (Å²) in [4.78, 5) is 42.3. The normalized spacial score (nSPS) is 26.3. The summed E-state index contributed by atoms with van der Waals surface area (Å²) in [5, 5.41) is 12.5. The number of anilines is 2. The molecule has 2 N–H and O–H groups in total. The van der Waals surface area contributed by atoms with Crippen LogP contribution in [0.2, 0.25) is 18.6 Å². The lowest BCUT2D eigenvalue weighted by molar-refractivity contribution is -0.148. The Balaban J connectivity index is 1.47. The Kier molecular flexibility index (Phi) is 6.91. The largest absolute Gasteiger partial charge is 0.395 e. The van der Waals surface area contributed by atoms with Crippen LogP contribution in [-0.4, -0.2) is 61.9 Å². The third-order valence-electron chi connectivity index (χ3n) is 8.18. The summed E-state index contributed by atoms with van der Waals surface area (Å²) in [5.41, 5.74) is 0.685. The van der Waals surface area contributed by atoms with Gasteiger partial charge < -0.3 is 29.1 Å². The highest BCUT2D eigenvalue weighted by Crippen LogP contribution is 2.59. The van der Waals surface area contributed by atoms with Crippen LogP contribution in [0.3, 0.4) is 0 Å². The van der Waals surface area contributed by atoms with Gasteiger partial charge in [-0.2, -0.15) is 0 Å². The molecule has 0 bridgehead atoms. The van der Waals surface area contributed by atoms with Crippen molar-refractivity contribution in [2.24, 2.45) is 5.92 Å². The van der Waals surface area contributed by atoms with E-state index in [1.165, 1.54) is 0 Å². The molecular weight excluding hydrogens is 505 g/mol. The predicted octanol–water partition coefficient (Wildman–Crippen LogP) is 3.56. The van der Waals surface area contributed by atoms with E-state index < -0.39 is 31.6 Å². The molecule has 3 heterocycles. The Bertz CT molecular complexity index is 1250. The summed E-state index contributed by atoms with van der Waals surface area (Å²) in [5.74, 6) is -1.16. The van der Waals surface area contributed by atoms with Gasteiger partial charge in [0.15, 0.2) is 5.60 Å². The molecule has 2 saturated heterocycles. The fourth-order valence-electron chi connectivity index (χ4n) is 6.33. The molecule has 2 fully saturated rings. The highest BCUT2D eigenvalue weighted by Gasteiger charge is 2.65. The Hall–Kier alpha value is -3.08. The molecule has 4 atom stereocenters. The number of hydrogen-bond donors (Lipinski definition) is 2. The Morgan fingerprint density at radius 3 is 2.58 bits per heavy atom. The lowest BCUT2D eigenvalue weighted by atomic mass is 9.82. The number of β-lactam (4-membered cyclic amide) rings is 1. The molecule has 2 aromatic rings. The van der Waals surface area contributed by atoms with E-state index in [-0.39, 0.29) is 37.3 Å². The molecule has 0 aromatic heterocycles. The van der Waals surface area contributed by atoms with Crippen molar-refractivity contribution in [2.75, 3.05) is 29.9 Å². The molecule has 2 aromatic carbocycles. The van der Waals surface area contributed by atoms with Crippen molar-refractivity contribution in [3.8, 4) is 0 Å². The summed E-state index contributed by atoms with van der Waals surface area (Å²) in [7, 11) is -3.42. The molecule has 3 amide bonds. The van der Waals surface area contributed by atoms with Crippen molar-refractivity contribution in [1.82, 2.24) is 4.90 Å². The van der Waals surface area contributed by atoms with Gasteiger partial charge in [-0.3, -0.25) is 14.4 Å². The van der Waals surface area contributed by atoms with Gasteiger partial charge in [0.25, 0.3) is 5.91 Å². The minimum absolute atomic E-state index is 0.0118. The number of halogens is 1. The minimum Gasteiger partial charge on any atom is -0.395 e. The number of aliphatic hydroxyl groups excluding tert-OH is 1. The number of rotatable bonds is 8. The summed E-state index contributed by atoms with van der Waals surface area (Å²) in [6, 6.07) is 14.8. The Morgan fingerprint density at radius 2 is 1.97 bits per heavy atom. The standard InChI is InChI=1S/C28H34FN3O5Si/c1-18-26(38(2,3)29)23(16-25(35)31(13-14-33)17-19-7-5-4-6-8-19)37-28(18)21-15-20(32-12-11-24(32)34)9-10-22(21)30-27(28)36/h4-10,15,18,23,26,33H,11-14,16-17H2,1-3H3,(H,30,36)/t18-,23+,26-,28+/m1/s1. The third kappa shape index (κ3) is 4.44. The van der Waals surface area contributed by atoms with Gasteiger partial charge in [-0.05, 0) is 36.9 Å². The molecule has 0 unspecified atom stereocenters. The van der Waals surface area contributed by atoms with E-state index in [2.05, 4.69) is 5.32 Å². The molecule has 0 aliphatic carbocycles. The number of aliphatic hydroxyl groups is 1. The van der Waals surface area contributed by atoms with Gasteiger partial charge in [-0.1, -0.05) is 37.3 Å². The maximum atomic E-state index is 15.9. The van der Waals surface area contributed by atoms with E-state index in [9.17, 15) is 19.5 Å². The monoisotopic (exact) mass is 539 g/mol. The Morgan fingerprint density at radius 1 is 1.24 bits per heavy atom. The fourth-order valence-corrected chi connectivity index (χ4v) is 8.82. The number of hydrogen-bond acceptors (Lipinski definition) is 5. The summed E-state index contributed by atoms with van der Waals surface area (Å²) in [6.07, 6.45) is -0.433. The van der Waals surface area contributed by atoms with Crippen molar-refractivity contribution >= 4 is 37.5 Å². The maximum absolute atomic E-state index is 15.9. The summed E-state index contributed by atoms with van der Waals surface area (Å²) >= 11 is 0. The lowest BCUT2D eigenvalue weighted by Crippen LogP contribution is -2.44. The number of amides is 3. The molecule has 8 nitrogen and oxygen atoms in total. The van der Waals surface area contributed by atoms with Crippen LogP contribution in [0.5, 0.6) is 0 Å². The van der Waals surface area contributed by atoms with E-state index in [1.54, 1.807) is 41.1 Å². The quantitative estimate of drug-likeness (QED) is 0.304. The van der Waals surface area contributed by atoms with Crippen LogP contribution < -0.4 is 10.2 Å². The zero-order valence-corrected chi connectivity index (χ0v) is 22.9. The molecule has 5 rings (SSSR count). The molecule has 202 valence electrons. The number of carbonyl (C=O) groups is 3. The lowest BCUT2D eigenvalue weighted by Gasteiger charge is -2.33. The van der Waals surface area contributed by atoms with E-state index in [1.807, 2.05) is 37.3 Å². The number of ether oxygens (including phenoxy) is 1. The van der Waals surface area contributed by atoms with E-state index in [0.717, 1.165) is 5.56 Å². The molecule has 1 spiro atoms. The predicted molar refractivity (Wildman–Crippen MR) is 144 cm³/mol. The van der Waals surface area contributed by atoms with Gasteiger partial charge in [0.1, 0.15) is 0 Å². The summed E-state index contributed by atoms with van der Waals surface area (Å²) in [6.45, 7) is 5.86. The van der Waals surface area contributed by atoms with Crippen LogP contribution >= 0.6 is 0 Å². The second-order valence-corrected chi connectivity index (χ2v) is 14.8. The number of fused-ring (bicyclic) bond motifs is 2. The number of nitrogens with zero attached hydrogens (tertiary/aromatic N) is 2. The van der Waals surface area contributed by atoms with Crippen LogP contribution in [0, 0.1) is 5.92 Å². The molecular formula is C28H34FN3O5Si. The molecule has 3 aliphatic heterocycles. The van der Waals surface area contributed by atoms with Gasteiger partial charge >= 0.3 is 0 Å². The van der Waals surface area contributed by atoms with Crippen molar-refractivity contribution in [1.29, 1.82) is 0 Å². The average Bonchev–Trinajstić information content (AvgIpc) is 3.31. The topological polar surface area (TPSA) is 99.2 Å². The first kappa shape index (κ1) is 26.5. The first-order valence-electron chi connectivity index (χ1n) is 13.1. The fraction of sp³-hybridized carbons (Fsp3) is 0.464. The van der Waals surface area contributed by atoms with Gasteiger partial charge in [-0.25, -0.2) is 0 Å². The van der Waals surface area contributed by atoms with Crippen molar-refractivity contribution < 1.29 is 28.3 Å². The first-order valence-corrected chi connectivity index (χ1v) is 16.1.